The second kappa shape index (κ2) is 19.8. The molecule has 42 heavy (non-hydrogen) atoms. The van der Waals surface area contributed by atoms with Crippen molar-refractivity contribution in [2.75, 3.05) is 52.9 Å². The predicted octanol–water partition coefficient (Wildman–Crippen LogP) is -3.82. The van der Waals surface area contributed by atoms with Crippen molar-refractivity contribution >= 4 is 0 Å². The first-order valence-corrected chi connectivity index (χ1v) is 15.7. The summed E-state index contributed by atoms with van der Waals surface area (Å²) in [6, 6.07) is 7.70. The summed E-state index contributed by atoms with van der Waals surface area (Å²) in [7, 11) is -4.94. The van der Waals surface area contributed by atoms with Gasteiger partial charge in [0.05, 0.1) is 64.1 Å². The summed E-state index contributed by atoms with van der Waals surface area (Å²) in [5.74, 6) is 1.40. The van der Waals surface area contributed by atoms with Gasteiger partial charge in [0.2, 0.25) is 0 Å². The molecular weight excluding hydrogens is 603 g/mol. The van der Waals surface area contributed by atoms with Gasteiger partial charge in [0.15, 0.2) is 11.5 Å². The standard InChI is InChI=1S/C28H42O8.ClHO4.K/c1-2-8-24-23(7-1)31-15-13-29-21-17-33-25-9-3-5-11-27(25)35-19-22(30-14-16-32-24)20-36-28-12-6-4-10-26(28)34-18-21;2-1(3,4)5;/h1-2,7-8,21-22,25-28H,3-6,9-20H2;(H,2,3,4,5);/q;;+1/p-1. The van der Waals surface area contributed by atoms with Crippen LogP contribution in [0.25, 0.3) is 0 Å². The second-order valence-electron chi connectivity index (χ2n) is 10.6. The van der Waals surface area contributed by atoms with Crippen LogP contribution in [0.5, 0.6) is 11.5 Å². The predicted molar refractivity (Wildman–Crippen MR) is 133 cm³/mol. The first-order valence-electron chi connectivity index (χ1n) is 14.5. The van der Waals surface area contributed by atoms with Gasteiger partial charge < -0.3 is 37.9 Å². The molecule has 6 rings (SSSR count). The molecule has 0 aromatic heterocycles. The van der Waals surface area contributed by atoms with Crippen LogP contribution in [0, 0.1) is 10.2 Å². The molecule has 12 nitrogen and oxygen atoms in total. The van der Waals surface area contributed by atoms with Gasteiger partial charge >= 0.3 is 51.4 Å². The first kappa shape index (κ1) is 36.8. The Morgan fingerprint density at radius 1 is 0.500 bits per heavy atom. The molecule has 2 aliphatic carbocycles. The second-order valence-corrected chi connectivity index (χ2v) is 11.3. The van der Waals surface area contributed by atoms with E-state index in [2.05, 4.69) is 0 Å². The van der Waals surface area contributed by atoms with E-state index in [-0.39, 0.29) is 88.0 Å². The summed E-state index contributed by atoms with van der Waals surface area (Å²) in [5.41, 5.74) is 0. The van der Waals surface area contributed by atoms with E-state index in [1.54, 1.807) is 0 Å². The van der Waals surface area contributed by atoms with Crippen LogP contribution in [0.3, 0.4) is 0 Å². The van der Waals surface area contributed by atoms with Crippen LogP contribution in [0.1, 0.15) is 51.4 Å². The largest absolute Gasteiger partial charge is 1.00 e. The Hall–Kier alpha value is 0.346. The van der Waals surface area contributed by atoms with Gasteiger partial charge in [0.25, 0.3) is 0 Å². The number of rotatable bonds is 0. The van der Waals surface area contributed by atoms with Crippen LogP contribution in [-0.2, 0) is 28.4 Å². The molecule has 3 aliphatic heterocycles. The third kappa shape index (κ3) is 13.8. The average Bonchev–Trinajstić information content (AvgIpc) is 2.95. The fourth-order valence-corrected chi connectivity index (χ4v) is 5.52. The molecule has 2 saturated carbocycles. The van der Waals surface area contributed by atoms with Gasteiger partial charge in [-0.15, -0.1) is 10.2 Å². The van der Waals surface area contributed by atoms with Gasteiger partial charge in [-0.3, -0.25) is 0 Å². The molecule has 3 fully saturated rings. The van der Waals surface area contributed by atoms with Crippen LogP contribution in [0.2, 0.25) is 0 Å². The number of fused-ring (bicyclic) bond motifs is 10. The van der Waals surface area contributed by atoms with Crippen molar-refractivity contribution in [3.05, 3.63) is 24.3 Å². The third-order valence-electron chi connectivity index (χ3n) is 7.51. The van der Waals surface area contributed by atoms with Crippen molar-refractivity contribution in [3.8, 4) is 11.5 Å². The maximum absolute atomic E-state index is 8.49. The summed E-state index contributed by atoms with van der Waals surface area (Å²) in [5, 5.41) is 0. The Labute approximate surface area is 292 Å². The van der Waals surface area contributed by atoms with E-state index in [9.17, 15) is 0 Å². The fourth-order valence-electron chi connectivity index (χ4n) is 5.52. The number of para-hydroxylation sites is 2. The smallest absolute Gasteiger partial charge is 0.487 e. The van der Waals surface area contributed by atoms with Gasteiger partial charge in [-0.2, -0.15) is 0 Å². The molecule has 0 N–H and O–H groups in total. The van der Waals surface area contributed by atoms with E-state index in [4.69, 9.17) is 56.5 Å². The van der Waals surface area contributed by atoms with Crippen molar-refractivity contribution in [1.82, 2.24) is 0 Å². The molecule has 2 bridgehead atoms. The van der Waals surface area contributed by atoms with Crippen LogP contribution in [0.4, 0.5) is 0 Å². The van der Waals surface area contributed by atoms with Gasteiger partial charge in [0.1, 0.15) is 25.4 Å². The maximum atomic E-state index is 8.49. The van der Waals surface area contributed by atoms with Crippen LogP contribution < -0.4 is 79.5 Å². The van der Waals surface area contributed by atoms with Crippen molar-refractivity contribution in [1.29, 1.82) is 0 Å². The normalized spacial score (nSPS) is 31.8. The topological polar surface area (TPSA) is 166 Å². The molecule has 14 heteroatoms. The minimum atomic E-state index is -4.94. The molecule has 3 heterocycles. The zero-order valence-corrected chi connectivity index (χ0v) is 28.2. The van der Waals surface area contributed by atoms with Crippen LogP contribution in [0.15, 0.2) is 24.3 Å². The Bertz CT molecular complexity index is 777. The minimum absolute atomic E-state index is 0. The van der Waals surface area contributed by atoms with Crippen molar-refractivity contribution in [2.45, 2.75) is 88.0 Å². The number of benzene rings is 1. The number of hydrogen-bond donors (Lipinski definition) is 0. The molecule has 1 aromatic carbocycles. The van der Waals surface area contributed by atoms with Gasteiger partial charge in [-0.1, -0.05) is 37.8 Å². The van der Waals surface area contributed by atoms with Crippen LogP contribution >= 0.6 is 0 Å². The molecule has 4 unspecified atom stereocenters. The molecule has 234 valence electrons. The summed E-state index contributed by atoms with van der Waals surface area (Å²) >= 11 is 0. The summed E-state index contributed by atoms with van der Waals surface area (Å²) in [6.45, 7) is 3.60. The van der Waals surface area contributed by atoms with Gasteiger partial charge in [0, 0.05) is 0 Å². The van der Waals surface area contributed by atoms with E-state index in [1.165, 1.54) is 0 Å². The number of halogens is 1. The van der Waals surface area contributed by atoms with Gasteiger partial charge in [-0.25, -0.2) is 18.6 Å². The summed E-state index contributed by atoms with van der Waals surface area (Å²) < 4.78 is 84.1. The van der Waals surface area contributed by atoms with E-state index in [0.717, 1.165) is 51.4 Å². The molecule has 1 saturated heterocycles. The summed E-state index contributed by atoms with van der Waals surface area (Å²) in [4.78, 5) is 0. The van der Waals surface area contributed by atoms with Crippen molar-refractivity contribution in [2.24, 2.45) is 0 Å². The molecule has 0 radical (unpaired) electrons. The first-order chi connectivity index (χ1) is 19.8. The van der Waals surface area contributed by atoms with Gasteiger partial charge in [-0.05, 0) is 37.8 Å². The summed E-state index contributed by atoms with van der Waals surface area (Å²) in [6.07, 6.45) is 8.50. The van der Waals surface area contributed by atoms with Crippen LogP contribution in [-0.4, -0.2) is 89.5 Å². The molecule has 0 amide bonds. The number of ether oxygens (including phenoxy) is 8. The van der Waals surface area contributed by atoms with E-state index >= 15 is 0 Å². The average molecular weight is 645 g/mol. The zero-order valence-electron chi connectivity index (χ0n) is 24.4. The minimum Gasteiger partial charge on any atom is -0.487 e. The maximum Gasteiger partial charge on any atom is 1.00 e. The van der Waals surface area contributed by atoms with Crippen molar-refractivity contribution in [3.63, 3.8) is 0 Å². The molecule has 0 spiro atoms. The quantitative estimate of drug-likeness (QED) is 0.253. The van der Waals surface area contributed by atoms with E-state index < -0.39 is 10.2 Å². The molecule has 1 aromatic rings. The molecule has 5 aliphatic rings. The Morgan fingerprint density at radius 3 is 1.12 bits per heavy atom. The molecular formula is C28H42ClKO12. The Kier molecular flexibility index (Phi) is 17.3. The van der Waals surface area contributed by atoms with E-state index in [0.29, 0.717) is 64.4 Å². The SMILES string of the molecule is [K+].[O-][Cl+3]([O-])([O-])[O-].c1ccc2c(c1)OCCOC1COC3CCCCC3OCC(COC3CCCCC3OC1)OCCO2. The molecule has 4 atom stereocenters. The van der Waals surface area contributed by atoms with E-state index in [1.807, 2.05) is 24.3 Å². The number of hydrogen-bond acceptors (Lipinski definition) is 12. The zero-order chi connectivity index (χ0) is 28.9. The Morgan fingerprint density at radius 2 is 0.810 bits per heavy atom. The monoisotopic (exact) mass is 644 g/mol. The Balaban J connectivity index is 0.000000745. The fraction of sp³-hybridized carbons (Fsp3) is 0.786. The third-order valence-corrected chi connectivity index (χ3v) is 7.51. The van der Waals surface area contributed by atoms with Crippen molar-refractivity contribution < 1.29 is 118 Å².